The molecular formula is C16H24N2O. The molecule has 1 fully saturated rings. The number of nitrogens with zero attached hydrogens (tertiary/aromatic N) is 1. The Labute approximate surface area is 116 Å². The van der Waals surface area contributed by atoms with Gasteiger partial charge in [-0.25, -0.2) is 4.79 Å². The lowest BCUT2D eigenvalue weighted by molar-refractivity contribution is 0.163. The van der Waals surface area contributed by atoms with Crippen molar-refractivity contribution in [2.45, 2.75) is 45.2 Å². The predicted molar refractivity (Wildman–Crippen MR) is 77.9 cm³/mol. The third-order valence-corrected chi connectivity index (χ3v) is 4.14. The van der Waals surface area contributed by atoms with Crippen molar-refractivity contribution in [1.29, 1.82) is 0 Å². The molecule has 0 heterocycles. The van der Waals surface area contributed by atoms with Crippen LogP contribution >= 0.6 is 0 Å². The molecule has 0 saturated heterocycles. The van der Waals surface area contributed by atoms with Crippen LogP contribution in [0.4, 0.5) is 4.79 Å². The van der Waals surface area contributed by atoms with Crippen molar-refractivity contribution in [1.82, 2.24) is 10.2 Å². The van der Waals surface area contributed by atoms with E-state index in [4.69, 9.17) is 0 Å². The van der Waals surface area contributed by atoms with Gasteiger partial charge in [-0.3, -0.25) is 0 Å². The van der Waals surface area contributed by atoms with E-state index < -0.39 is 0 Å². The molecule has 1 aromatic rings. The van der Waals surface area contributed by atoms with Crippen LogP contribution in [0, 0.1) is 5.92 Å². The second-order valence-electron chi connectivity index (χ2n) is 5.67. The number of nitrogens with one attached hydrogen (secondary N) is 1. The Balaban J connectivity index is 1.79. The summed E-state index contributed by atoms with van der Waals surface area (Å²) in [7, 11) is 1.92. The van der Waals surface area contributed by atoms with Crippen LogP contribution in [0.15, 0.2) is 30.3 Å². The van der Waals surface area contributed by atoms with Crippen molar-refractivity contribution in [3.05, 3.63) is 35.9 Å². The molecular weight excluding hydrogens is 236 g/mol. The highest BCUT2D eigenvalue weighted by Crippen LogP contribution is 2.26. The van der Waals surface area contributed by atoms with Gasteiger partial charge in [0.25, 0.3) is 0 Å². The minimum absolute atomic E-state index is 0.0448. The number of carbonyl (C=O) groups is 1. The second kappa shape index (κ2) is 6.60. The number of urea groups is 1. The van der Waals surface area contributed by atoms with Crippen molar-refractivity contribution in [3.8, 4) is 0 Å². The first-order valence-electron chi connectivity index (χ1n) is 7.21. The average molecular weight is 260 g/mol. The number of benzene rings is 1. The Hall–Kier alpha value is -1.51. The van der Waals surface area contributed by atoms with Crippen LogP contribution in [0.1, 0.15) is 38.2 Å². The fourth-order valence-corrected chi connectivity index (χ4v) is 2.69. The molecule has 0 radical (unpaired) electrons. The van der Waals surface area contributed by atoms with E-state index in [2.05, 4.69) is 12.2 Å². The number of hydrogen-bond donors (Lipinski definition) is 1. The maximum absolute atomic E-state index is 12.1. The van der Waals surface area contributed by atoms with Crippen LogP contribution < -0.4 is 5.32 Å². The van der Waals surface area contributed by atoms with Crippen molar-refractivity contribution < 1.29 is 4.79 Å². The van der Waals surface area contributed by atoms with Crippen molar-refractivity contribution in [3.63, 3.8) is 0 Å². The van der Waals surface area contributed by atoms with Gasteiger partial charge in [0.1, 0.15) is 0 Å². The molecule has 0 atom stereocenters. The second-order valence-corrected chi connectivity index (χ2v) is 5.67. The lowest BCUT2D eigenvalue weighted by Gasteiger charge is -2.33. The molecule has 0 aromatic heterocycles. The van der Waals surface area contributed by atoms with E-state index in [0.29, 0.717) is 12.6 Å². The summed E-state index contributed by atoms with van der Waals surface area (Å²) < 4.78 is 0. The topological polar surface area (TPSA) is 32.3 Å². The quantitative estimate of drug-likeness (QED) is 0.887. The van der Waals surface area contributed by atoms with Gasteiger partial charge in [0.05, 0.1) is 0 Å². The molecule has 2 rings (SSSR count). The SMILES string of the molecule is CC1CCC(N(C)C(=O)NCc2ccccc2)CC1. The van der Waals surface area contributed by atoms with E-state index >= 15 is 0 Å². The molecule has 1 N–H and O–H groups in total. The zero-order chi connectivity index (χ0) is 13.7. The lowest BCUT2D eigenvalue weighted by atomic mass is 9.87. The van der Waals surface area contributed by atoms with Crippen LogP contribution in [0.2, 0.25) is 0 Å². The van der Waals surface area contributed by atoms with Gasteiger partial charge < -0.3 is 10.2 Å². The molecule has 0 spiro atoms. The van der Waals surface area contributed by atoms with Gasteiger partial charge in [-0.05, 0) is 37.2 Å². The summed E-state index contributed by atoms with van der Waals surface area (Å²) in [4.78, 5) is 14.0. The maximum Gasteiger partial charge on any atom is 0.317 e. The molecule has 1 aromatic carbocycles. The number of amides is 2. The van der Waals surface area contributed by atoms with Gasteiger partial charge in [-0.2, -0.15) is 0 Å². The Kier molecular flexibility index (Phi) is 4.83. The minimum atomic E-state index is 0.0448. The Morgan fingerprint density at radius 1 is 1.21 bits per heavy atom. The molecule has 0 aliphatic heterocycles. The zero-order valence-corrected chi connectivity index (χ0v) is 11.9. The Morgan fingerprint density at radius 2 is 1.84 bits per heavy atom. The van der Waals surface area contributed by atoms with E-state index in [1.807, 2.05) is 42.3 Å². The monoisotopic (exact) mass is 260 g/mol. The van der Waals surface area contributed by atoms with E-state index in [9.17, 15) is 4.79 Å². The molecule has 0 unspecified atom stereocenters. The minimum Gasteiger partial charge on any atom is -0.334 e. The van der Waals surface area contributed by atoms with E-state index in [-0.39, 0.29) is 6.03 Å². The summed E-state index contributed by atoms with van der Waals surface area (Å²) in [5, 5.41) is 2.99. The summed E-state index contributed by atoms with van der Waals surface area (Å²) in [6, 6.07) is 10.5. The van der Waals surface area contributed by atoms with Crippen LogP contribution in [0.3, 0.4) is 0 Å². The standard InChI is InChI=1S/C16H24N2O/c1-13-8-10-15(11-9-13)18(2)16(19)17-12-14-6-4-3-5-7-14/h3-7,13,15H,8-12H2,1-2H3,(H,17,19). The van der Waals surface area contributed by atoms with E-state index in [0.717, 1.165) is 24.3 Å². The summed E-state index contributed by atoms with van der Waals surface area (Å²) in [6.07, 6.45) is 4.74. The fraction of sp³-hybridized carbons (Fsp3) is 0.562. The molecule has 104 valence electrons. The molecule has 3 heteroatoms. The predicted octanol–water partition coefficient (Wildman–Crippen LogP) is 3.41. The summed E-state index contributed by atoms with van der Waals surface area (Å²) in [5.41, 5.74) is 1.14. The van der Waals surface area contributed by atoms with Crippen LogP contribution in [0.25, 0.3) is 0 Å². The molecule has 0 bridgehead atoms. The molecule has 3 nitrogen and oxygen atoms in total. The number of carbonyl (C=O) groups excluding carboxylic acids is 1. The highest BCUT2D eigenvalue weighted by molar-refractivity contribution is 5.74. The highest BCUT2D eigenvalue weighted by atomic mass is 16.2. The smallest absolute Gasteiger partial charge is 0.317 e. The highest BCUT2D eigenvalue weighted by Gasteiger charge is 2.24. The Bertz CT molecular complexity index is 396. The third kappa shape index (κ3) is 3.98. The van der Waals surface area contributed by atoms with Gasteiger partial charge in [-0.15, -0.1) is 0 Å². The molecule has 1 aliphatic carbocycles. The van der Waals surface area contributed by atoms with Crippen molar-refractivity contribution >= 4 is 6.03 Å². The zero-order valence-electron chi connectivity index (χ0n) is 11.9. The van der Waals surface area contributed by atoms with Gasteiger partial charge in [0.2, 0.25) is 0 Å². The first kappa shape index (κ1) is 13.9. The van der Waals surface area contributed by atoms with Gasteiger partial charge in [0.15, 0.2) is 0 Å². The summed E-state index contributed by atoms with van der Waals surface area (Å²) in [5.74, 6) is 0.817. The first-order chi connectivity index (χ1) is 9.16. The largest absolute Gasteiger partial charge is 0.334 e. The first-order valence-corrected chi connectivity index (χ1v) is 7.21. The van der Waals surface area contributed by atoms with E-state index in [1.54, 1.807) is 0 Å². The molecule has 19 heavy (non-hydrogen) atoms. The number of rotatable bonds is 3. The van der Waals surface area contributed by atoms with Crippen LogP contribution in [-0.4, -0.2) is 24.0 Å². The molecule has 1 saturated carbocycles. The summed E-state index contributed by atoms with van der Waals surface area (Å²) in [6.45, 7) is 2.90. The summed E-state index contributed by atoms with van der Waals surface area (Å²) >= 11 is 0. The van der Waals surface area contributed by atoms with Crippen molar-refractivity contribution in [2.75, 3.05) is 7.05 Å². The third-order valence-electron chi connectivity index (χ3n) is 4.14. The van der Waals surface area contributed by atoms with Gasteiger partial charge in [-0.1, -0.05) is 37.3 Å². The number of hydrogen-bond acceptors (Lipinski definition) is 1. The fourth-order valence-electron chi connectivity index (χ4n) is 2.69. The van der Waals surface area contributed by atoms with Gasteiger partial charge in [0, 0.05) is 19.6 Å². The lowest BCUT2D eigenvalue weighted by Crippen LogP contribution is -2.44. The maximum atomic E-state index is 12.1. The van der Waals surface area contributed by atoms with Crippen molar-refractivity contribution in [2.24, 2.45) is 5.92 Å². The van der Waals surface area contributed by atoms with Crippen LogP contribution in [-0.2, 0) is 6.54 Å². The molecule has 1 aliphatic rings. The van der Waals surface area contributed by atoms with Crippen LogP contribution in [0.5, 0.6) is 0 Å². The normalized spacial score (nSPS) is 22.8. The Morgan fingerprint density at radius 3 is 2.47 bits per heavy atom. The molecule has 2 amide bonds. The average Bonchev–Trinajstić information content (AvgIpc) is 2.46. The van der Waals surface area contributed by atoms with Gasteiger partial charge >= 0.3 is 6.03 Å². The van der Waals surface area contributed by atoms with E-state index in [1.165, 1.54) is 12.8 Å².